The highest BCUT2D eigenvalue weighted by atomic mass is 35.5. The van der Waals surface area contributed by atoms with Gasteiger partial charge in [-0.25, -0.2) is 0 Å². The fraction of sp³-hybridized carbons (Fsp3) is 0.583. The Morgan fingerprint density at radius 1 is 1.39 bits per heavy atom. The third-order valence-electron chi connectivity index (χ3n) is 2.79. The summed E-state index contributed by atoms with van der Waals surface area (Å²) in [6.45, 7) is 5.30. The summed E-state index contributed by atoms with van der Waals surface area (Å²) in [5.41, 5.74) is 0. The van der Waals surface area contributed by atoms with Gasteiger partial charge in [-0.05, 0) is 25.1 Å². The Morgan fingerprint density at radius 3 is 2.83 bits per heavy atom. The molecule has 1 aliphatic heterocycles. The minimum absolute atomic E-state index is 0. The number of morpholine rings is 1. The van der Waals surface area contributed by atoms with Crippen molar-refractivity contribution >= 4 is 5.91 Å². The Balaban J connectivity index is 0.00000162. The molecule has 6 heteroatoms. The highest BCUT2D eigenvalue weighted by Crippen LogP contribution is 2.00. The van der Waals surface area contributed by atoms with Gasteiger partial charge in [0.15, 0.2) is 5.76 Å². The van der Waals surface area contributed by atoms with Crippen LogP contribution in [-0.2, 0) is 4.74 Å². The number of nitrogens with zero attached hydrogens (tertiary/aromatic N) is 1. The van der Waals surface area contributed by atoms with Crippen molar-refractivity contribution < 1.29 is 26.4 Å². The topological polar surface area (TPSA) is 54.7 Å². The van der Waals surface area contributed by atoms with Crippen LogP contribution in [0.2, 0.25) is 0 Å². The van der Waals surface area contributed by atoms with Crippen LogP contribution in [-0.4, -0.2) is 50.2 Å². The third-order valence-corrected chi connectivity index (χ3v) is 2.79. The zero-order valence-electron chi connectivity index (χ0n) is 10.2. The van der Waals surface area contributed by atoms with Crippen LogP contribution in [0.1, 0.15) is 17.0 Å². The van der Waals surface area contributed by atoms with Crippen LogP contribution in [0.3, 0.4) is 0 Å². The Morgan fingerprint density at radius 2 is 2.17 bits per heavy atom. The van der Waals surface area contributed by atoms with Crippen molar-refractivity contribution in [3.63, 3.8) is 0 Å². The molecule has 0 radical (unpaired) electrons. The first-order valence-electron chi connectivity index (χ1n) is 5.98. The number of ether oxygens (including phenoxy) is 1. The average molecular weight is 274 g/mol. The van der Waals surface area contributed by atoms with Crippen LogP contribution in [0.4, 0.5) is 0 Å². The molecule has 102 valence electrons. The van der Waals surface area contributed by atoms with E-state index in [4.69, 9.17) is 9.15 Å². The van der Waals surface area contributed by atoms with E-state index in [1.807, 2.05) is 0 Å². The molecule has 0 aliphatic carbocycles. The molecule has 1 aromatic heterocycles. The molecule has 0 saturated carbocycles. The van der Waals surface area contributed by atoms with E-state index in [1.165, 1.54) is 6.26 Å². The Kier molecular flexibility index (Phi) is 6.78. The number of furan rings is 1. The van der Waals surface area contributed by atoms with E-state index < -0.39 is 0 Å². The molecular formula is C12H18ClN2O3-. The predicted octanol–water partition coefficient (Wildman–Crippen LogP) is -2.26. The van der Waals surface area contributed by atoms with Gasteiger partial charge in [0, 0.05) is 19.6 Å². The summed E-state index contributed by atoms with van der Waals surface area (Å²) < 4.78 is 10.3. The molecule has 1 N–H and O–H groups in total. The van der Waals surface area contributed by atoms with Gasteiger partial charge in [-0.15, -0.1) is 0 Å². The molecule has 0 spiro atoms. The van der Waals surface area contributed by atoms with Crippen molar-refractivity contribution in [2.24, 2.45) is 0 Å². The zero-order chi connectivity index (χ0) is 11.9. The maximum Gasteiger partial charge on any atom is 0.286 e. The van der Waals surface area contributed by atoms with Crippen molar-refractivity contribution in [1.82, 2.24) is 10.2 Å². The van der Waals surface area contributed by atoms with E-state index >= 15 is 0 Å². The minimum Gasteiger partial charge on any atom is -1.00 e. The number of rotatable bonds is 5. The van der Waals surface area contributed by atoms with Gasteiger partial charge in [-0.1, -0.05) is 0 Å². The molecule has 2 rings (SSSR count). The van der Waals surface area contributed by atoms with Gasteiger partial charge in [0.1, 0.15) is 0 Å². The second-order valence-corrected chi connectivity index (χ2v) is 4.04. The molecule has 1 fully saturated rings. The normalized spacial score (nSPS) is 16.0. The van der Waals surface area contributed by atoms with Gasteiger partial charge in [-0.3, -0.25) is 9.69 Å². The van der Waals surface area contributed by atoms with E-state index in [1.54, 1.807) is 12.1 Å². The first-order chi connectivity index (χ1) is 8.36. The van der Waals surface area contributed by atoms with E-state index in [0.29, 0.717) is 12.3 Å². The lowest BCUT2D eigenvalue weighted by Gasteiger charge is -2.26. The molecule has 1 amide bonds. The number of carbonyl (C=O) groups is 1. The van der Waals surface area contributed by atoms with Gasteiger partial charge in [0.05, 0.1) is 19.5 Å². The SMILES string of the molecule is O=C(NCCCN1CCOCC1)c1ccco1.[Cl-]. The summed E-state index contributed by atoms with van der Waals surface area (Å²) in [4.78, 5) is 13.9. The second-order valence-electron chi connectivity index (χ2n) is 4.04. The van der Waals surface area contributed by atoms with E-state index in [2.05, 4.69) is 10.2 Å². The fourth-order valence-corrected chi connectivity index (χ4v) is 1.82. The van der Waals surface area contributed by atoms with E-state index in [-0.39, 0.29) is 18.3 Å². The van der Waals surface area contributed by atoms with Crippen LogP contribution in [0.25, 0.3) is 0 Å². The highest BCUT2D eigenvalue weighted by molar-refractivity contribution is 5.91. The Bertz CT molecular complexity index is 337. The maximum absolute atomic E-state index is 11.5. The van der Waals surface area contributed by atoms with Crippen molar-refractivity contribution in [3.05, 3.63) is 24.2 Å². The summed E-state index contributed by atoms with van der Waals surface area (Å²) in [5, 5.41) is 2.83. The first-order valence-corrected chi connectivity index (χ1v) is 5.98. The van der Waals surface area contributed by atoms with Gasteiger partial charge < -0.3 is 26.9 Å². The standard InChI is InChI=1S/C12H18N2O3.ClH/c15-12(11-3-1-8-17-11)13-4-2-5-14-6-9-16-10-7-14;/h1,3,8H,2,4-7,9-10H2,(H,13,15);1H/p-1. The molecular weight excluding hydrogens is 256 g/mol. The minimum atomic E-state index is -0.142. The molecule has 0 atom stereocenters. The monoisotopic (exact) mass is 273 g/mol. The van der Waals surface area contributed by atoms with Crippen LogP contribution in [0.15, 0.2) is 22.8 Å². The molecule has 0 aromatic carbocycles. The predicted molar refractivity (Wildman–Crippen MR) is 62.9 cm³/mol. The number of carbonyl (C=O) groups excluding carboxylic acids is 1. The number of hydrogen-bond donors (Lipinski definition) is 1. The summed E-state index contributed by atoms with van der Waals surface area (Å²) in [6.07, 6.45) is 2.45. The van der Waals surface area contributed by atoms with E-state index in [9.17, 15) is 4.79 Å². The van der Waals surface area contributed by atoms with Crippen LogP contribution >= 0.6 is 0 Å². The third kappa shape index (κ3) is 4.68. The molecule has 1 aliphatic rings. The van der Waals surface area contributed by atoms with Crippen molar-refractivity contribution in [1.29, 1.82) is 0 Å². The molecule has 1 saturated heterocycles. The highest BCUT2D eigenvalue weighted by Gasteiger charge is 2.10. The zero-order valence-corrected chi connectivity index (χ0v) is 11.0. The summed E-state index contributed by atoms with van der Waals surface area (Å²) >= 11 is 0. The molecule has 5 nitrogen and oxygen atoms in total. The quantitative estimate of drug-likeness (QED) is 0.615. The number of amides is 1. The van der Waals surface area contributed by atoms with Crippen LogP contribution in [0.5, 0.6) is 0 Å². The Hall–Kier alpha value is -1.04. The van der Waals surface area contributed by atoms with Gasteiger partial charge in [0.25, 0.3) is 5.91 Å². The summed E-state index contributed by atoms with van der Waals surface area (Å²) in [6, 6.07) is 3.37. The molecule has 18 heavy (non-hydrogen) atoms. The number of halogens is 1. The fourth-order valence-electron chi connectivity index (χ4n) is 1.82. The lowest BCUT2D eigenvalue weighted by Crippen LogP contribution is -3.00. The smallest absolute Gasteiger partial charge is 0.286 e. The van der Waals surface area contributed by atoms with Crippen LogP contribution in [0, 0.1) is 0 Å². The number of nitrogens with one attached hydrogen (secondary N) is 1. The van der Waals surface area contributed by atoms with Crippen LogP contribution < -0.4 is 17.7 Å². The number of hydrogen-bond acceptors (Lipinski definition) is 4. The van der Waals surface area contributed by atoms with Crippen molar-refractivity contribution in [3.8, 4) is 0 Å². The summed E-state index contributed by atoms with van der Waals surface area (Å²) in [7, 11) is 0. The van der Waals surface area contributed by atoms with Gasteiger partial charge in [0.2, 0.25) is 0 Å². The molecule has 1 aromatic rings. The van der Waals surface area contributed by atoms with Gasteiger partial charge >= 0.3 is 0 Å². The largest absolute Gasteiger partial charge is 1.00 e. The average Bonchev–Trinajstić information content (AvgIpc) is 2.89. The molecule has 0 bridgehead atoms. The van der Waals surface area contributed by atoms with E-state index in [0.717, 1.165) is 39.3 Å². The second kappa shape index (κ2) is 8.13. The van der Waals surface area contributed by atoms with Crippen molar-refractivity contribution in [2.45, 2.75) is 6.42 Å². The Labute approximate surface area is 113 Å². The van der Waals surface area contributed by atoms with Crippen molar-refractivity contribution in [2.75, 3.05) is 39.4 Å². The van der Waals surface area contributed by atoms with Gasteiger partial charge in [-0.2, -0.15) is 0 Å². The molecule has 2 heterocycles. The maximum atomic E-state index is 11.5. The molecule has 0 unspecified atom stereocenters. The summed E-state index contributed by atoms with van der Waals surface area (Å²) in [5.74, 6) is 0.230. The lowest BCUT2D eigenvalue weighted by molar-refractivity contribution is -0.0000132. The lowest BCUT2D eigenvalue weighted by atomic mass is 10.3. The first kappa shape index (κ1) is 15.0.